The molecule has 162 valence electrons. The van der Waals surface area contributed by atoms with Crippen molar-refractivity contribution in [2.45, 2.75) is 26.7 Å². The number of benzene rings is 1. The van der Waals surface area contributed by atoms with Gasteiger partial charge in [0, 0.05) is 0 Å². The standard InChI is InChI=1S/C26H24N2O4/c1-11-6-13-8-17(11)21-19(13)23(29)27(25(21)31)15-4-3-5-16(10-15)28-24(30)20-14-7-12(2)18(9-14)22(20)26(28)32/h3-7,10,13-14,17-22H,8-9H2,1-2H3. The maximum absolute atomic E-state index is 13.3. The Morgan fingerprint density at radius 3 is 1.50 bits per heavy atom. The van der Waals surface area contributed by atoms with Gasteiger partial charge < -0.3 is 0 Å². The fraction of sp³-hybridized carbons (Fsp3) is 0.462. The molecule has 0 aromatic heterocycles. The number of imide groups is 2. The molecule has 6 heteroatoms. The van der Waals surface area contributed by atoms with Gasteiger partial charge in [0.05, 0.1) is 35.0 Å². The second-order valence-corrected chi connectivity index (χ2v) is 10.5. The van der Waals surface area contributed by atoms with Crippen LogP contribution in [0.1, 0.15) is 26.7 Å². The van der Waals surface area contributed by atoms with Crippen LogP contribution in [-0.2, 0) is 19.2 Å². The summed E-state index contributed by atoms with van der Waals surface area (Å²) < 4.78 is 0. The quantitative estimate of drug-likeness (QED) is 0.536. The van der Waals surface area contributed by atoms with Gasteiger partial charge in [-0.05, 0) is 68.6 Å². The van der Waals surface area contributed by atoms with Crippen molar-refractivity contribution in [2.75, 3.05) is 9.80 Å². The Balaban J connectivity index is 1.23. The second kappa shape index (κ2) is 5.85. The number of carbonyl (C=O) groups excluding carboxylic acids is 4. The molecule has 0 N–H and O–H groups in total. The van der Waals surface area contributed by atoms with Crippen LogP contribution >= 0.6 is 0 Å². The zero-order valence-electron chi connectivity index (χ0n) is 18.0. The first kappa shape index (κ1) is 18.5. The molecule has 32 heavy (non-hydrogen) atoms. The van der Waals surface area contributed by atoms with Crippen molar-refractivity contribution in [2.24, 2.45) is 47.3 Å². The molecule has 1 aromatic rings. The summed E-state index contributed by atoms with van der Waals surface area (Å²) in [6.07, 6.45) is 6.09. The van der Waals surface area contributed by atoms with E-state index in [4.69, 9.17) is 0 Å². The maximum atomic E-state index is 13.3. The van der Waals surface area contributed by atoms with Gasteiger partial charge in [0.2, 0.25) is 23.6 Å². The molecule has 8 atom stereocenters. The minimum Gasteiger partial charge on any atom is -0.274 e. The van der Waals surface area contributed by atoms with Crippen LogP contribution in [0.3, 0.4) is 0 Å². The van der Waals surface area contributed by atoms with Crippen LogP contribution < -0.4 is 9.80 Å². The van der Waals surface area contributed by atoms with Gasteiger partial charge in [-0.25, -0.2) is 9.80 Å². The van der Waals surface area contributed by atoms with Gasteiger partial charge >= 0.3 is 0 Å². The monoisotopic (exact) mass is 428 g/mol. The Morgan fingerprint density at radius 1 is 0.656 bits per heavy atom. The summed E-state index contributed by atoms with van der Waals surface area (Å²) in [6, 6.07) is 6.84. The first-order chi connectivity index (χ1) is 15.4. The van der Waals surface area contributed by atoms with E-state index in [0.717, 1.165) is 12.8 Å². The first-order valence-corrected chi connectivity index (χ1v) is 11.6. The highest BCUT2D eigenvalue weighted by molar-refractivity contribution is 6.25. The summed E-state index contributed by atoms with van der Waals surface area (Å²) in [5, 5.41) is 0. The van der Waals surface area contributed by atoms with E-state index in [1.54, 1.807) is 24.3 Å². The highest BCUT2D eigenvalue weighted by atomic mass is 16.2. The largest absolute Gasteiger partial charge is 0.274 e. The lowest BCUT2D eigenvalue weighted by molar-refractivity contribution is -0.124. The topological polar surface area (TPSA) is 74.8 Å². The molecular formula is C26H24N2O4. The molecule has 2 aliphatic heterocycles. The van der Waals surface area contributed by atoms with Gasteiger partial charge in [-0.3, -0.25) is 19.2 Å². The van der Waals surface area contributed by atoms with Gasteiger partial charge in [0.1, 0.15) is 0 Å². The first-order valence-electron chi connectivity index (χ1n) is 11.6. The van der Waals surface area contributed by atoms with Gasteiger partial charge in [-0.1, -0.05) is 29.4 Å². The summed E-state index contributed by atoms with van der Waals surface area (Å²) in [5.74, 6) is -1.12. The predicted molar refractivity (Wildman–Crippen MR) is 116 cm³/mol. The van der Waals surface area contributed by atoms with Crippen LogP contribution in [0, 0.1) is 47.3 Å². The van der Waals surface area contributed by atoms with Crippen LogP contribution in [-0.4, -0.2) is 23.6 Å². The van der Waals surface area contributed by atoms with E-state index in [9.17, 15) is 19.2 Å². The third kappa shape index (κ3) is 2.02. The Morgan fingerprint density at radius 2 is 1.06 bits per heavy atom. The van der Waals surface area contributed by atoms with E-state index in [-0.39, 0.29) is 71.0 Å². The third-order valence-electron chi connectivity index (χ3n) is 9.11. The molecule has 8 unspecified atom stereocenters. The number of hydrogen-bond donors (Lipinski definition) is 0. The summed E-state index contributed by atoms with van der Waals surface area (Å²) in [4.78, 5) is 55.7. The van der Waals surface area contributed by atoms with Crippen LogP contribution in [0.2, 0.25) is 0 Å². The molecule has 0 radical (unpaired) electrons. The Labute approximate surface area is 185 Å². The molecule has 6 aliphatic rings. The van der Waals surface area contributed by atoms with Crippen molar-refractivity contribution in [3.63, 3.8) is 0 Å². The molecule has 2 heterocycles. The minimum absolute atomic E-state index is 0.141. The average Bonchev–Trinajstić information content (AvgIpc) is 3.56. The normalized spacial score (nSPS) is 41.1. The minimum atomic E-state index is -0.279. The third-order valence-corrected chi connectivity index (χ3v) is 9.11. The van der Waals surface area contributed by atoms with Gasteiger partial charge in [-0.2, -0.15) is 0 Å². The van der Waals surface area contributed by atoms with E-state index in [2.05, 4.69) is 12.2 Å². The number of anilines is 2. The van der Waals surface area contributed by atoms with Crippen LogP contribution in [0.15, 0.2) is 47.6 Å². The van der Waals surface area contributed by atoms with Crippen molar-refractivity contribution < 1.29 is 19.2 Å². The summed E-state index contributed by atoms with van der Waals surface area (Å²) in [7, 11) is 0. The number of fused-ring (bicyclic) bond motifs is 10. The number of hydrogen-bond acceptors (Lipinski definition) is 4. The number of allylic oxidation sites excluding steroid dienone is 4. The molecule has 1 aromatic carbocycles. The fourth-order valence-electron chi connectivity index (χ4n) is 7.83. The SMILES string of the molecule is CC1=CC2CC1C1C(=O)N(c3cccc(N4C(=O)C5C6C=C(C)C(C6)C5C4=O)c3)C(=O)C21. The molecule has 0 spiro atoms. The van der Waals surface area contributed by atoms with E-state index in [0.29, 0.717) is 11.4 Å². The smallest absolute Gasteiger partial charge is 0.238 e. The lowest BCUT2D eigenvalue weighted by Crippen LogP contribution is -2.35. The van der Waals surface area contributed by atoms with Gasteiger partial charge in [-0.15, -0.1) is 0 Å². The summed E-state index contributed by atoms with van der Waals surface area (Å²) >= 11 is 0. The molecule has 2 saturated carbocycles. The molecule has 4 fully saturated rings. The highest BCUT2D eigenvalue weighted by Gasteiger charge is 2.62. The Hall–Kier alpha value is -3.02. The van der Waals surface area contributed by atoms with Gasteiger partial charge in [0.25, 0.3) is 0 Å². The Bertz CT molecular complexity index is 1120. The van der Waals surface area contributed by atoms with E-state index in [1.807, 2.05) is 13.8 Å². The summed E-state index contributed by atoms with van der Waals surface area (Å²) in [5.41, 5.74) is 3.34. The molecule has 2 saturated heterocycles. The van der Waals surface area contributed by atoms with Crippen molar-refractivity contribution in [3.8, 4) is 0 Å². The van der Waals surface area contributed by atoms with Crippen molar-refractivity contribution in [1.82, 2.24) is 0 Å². The van der Waals surface area contributed by atoms with Crippen molar-refractivity contribution in [1.29, 1.82) is 0 Å². The van der Waals surface area contributed by atoms with E-state index >= 15 is 0 Å². The lowest BCUT2D eigenvalue weighted by atomic mass is 9.82. The fourth-order valence-corrected chi connectivity index (χ4v) is 7.83. The number of rotatable bonds is 2. The average molecular weight is 428 g/mol. The number of carbonyl (C=O) groups is 4. The molecular weight excluding hydrogens is 404 g/mol. The zero-order chi connectivity index (χ0) is 22.0. The highest BCUT2D eigenvalue weighted by Crippen LogP contribution is 2.57. The molecule has 4 aliphatic carbocycles. The molecule has 7 rings (SSSR count). The number of amides is 4. The summed E-state index contributed by atoms with van der Waals surface area (Å²) in [6.45, 7) is 4.10. The van der Waals surface area contributed by atoms with Crippen LogP contribution in [0.5, 0.6) is 0 Å². The lowest BCUT2D eigenvalue weighted by Gasteiger charge is -2.22. The van der Waals surface area contributed by atoms with E-state index < -0.39 is 0 Å². The Kier molecular flexibility index (Phi) is 3.39. The maximum Gasteiger partial charge on any atom is 0.238 e. The molecule has 6 nitrogen and oxygen atoms in total. The molecule has 4 amide bonds. The number of nitrogens with zero attached hydrogens (tertiary/aromatic N) is 2. The van der Waals surface area contributed by atoms with Crippen LogP contribution in [0.4, 0.5) is 11.4 Å². The molecule has 4 bridgehead atoms. The second-order valence-electron chi connectivity index (χ2n) is 10.5. The van der Waals surface area contributed by atoms with Gasteiger partial charge in [0.15, 0.2) is 0 Å². The van der Waals surface area contributed by atoms with Crippen LogP contribution in [0.25, 0.3) is 0 Å². The van der Waals surface area contributed by atoms with Crippen molar-refractivity contribution >= 4 is 35.0 Å². The predicted octanol–water partition coefficient (Wildman–Crippen LogP) is 3.09. The van der Waals surface area contributed by atoms with E-state index in [1.165, 1.54) is 20.9 Å². The van der Waals surface area contributed by atoms with Crippen molar-refractivity contribution in [3.05, 3.63) is 47.6 Å². The zero-order valence-corrected chi connectivity index (χ0v) is 18.0.